The monoisotopic (exact) mass is 381 g/mol. The zero-order chi connectivity index (χ0) is 19.8. The number of benzene rings is 2. The van der Waals surface area contributed by atoms with Crippen LogP contribution in [0.5, 0.6) is 0 Å². The number of urea groups is 1. The molecule has 1 aliphatic heterocycles. The fourth-order valence-electron chi connectivity index (χ4n) is 3.56. The van der Waals surface area contributed by atoms with E-state index in [0.717, 1.165) is 27.7 Å². The zero-order valence-electron chi connectivity index (χ0n) is 15.6. The molecule has 1 aliphatic rings. The van der Waals surface area contributed by atoms with Crippen molar-refractivity contribution >= 4 is 28.6 Å². The number of aryl methyl sites for hydroxylation is 1. The summed E-state index contributed by atoms with van der Waals surface area (Å²) < 4.78 is 18.3. The van der Waals surface area contributed by atoms with E-state index in [0.29, 0.717) is 30.8 Å². The fourth-order valence-corrected chi connectivity index (χ4v) is 3.56. The number of carbonyl (C=O) groups excluding carboxylic acids is 2. The van der Waals surface area contributed by atoms with Crippen molar-refractivity contribution in [2.45, 2.75) is 19.9 Å². The van der Waals surface area contributed by atoms with Crippen molar-refractivity contribution in [2.75, 3.05) is 19.0 Å². The van der Waals surface area contributed by atoms with E-state index < -0.39 is 11.8 Å². The van der Waals surface area contributed by atoms with Crippen molar-refractivity contribution in [3.63, 3.8) is 0 Å². The van der Waals surface area contributed by atoms with Gasteiger partial charge in [0.15, 0.2) is 0 Å². The maximum atomic E-state index is 13.5. The molecule has 0 aliphatic carbocycles. The molecule has 4 rings (SSSR count). The minimum atomic E-state index is -0.399. The Morgan fingerprint density at radius 1 is 1.21 bits per heavy atom. The van der Waals surface area contributed by atoms with Crippen LogP contribution in [0.1, 0.15) is 27.2 Å². The molecule has 0 bridgehead atoms. The lowest BCUT2D eigenvalue weighted by Gasteiger charge is -2.27. The number of esters is 1. The second-order valence-corrected chi connectivity index (χ2v) is 6.90. The van der Waals surface area contributed by atoms with Crippen molar-refractivity contribution in [1.82, 2.24) is 9.88 Å². The Hall–Kier alpha value is -3.35. The molecule has 6 nitrogen and oxygen atoms in total. The number of nitrogens with one attached hydrogen (secondary N) is 2. The van der Waals surface area contributed by atoms with Crippen molar-refractivity contribution in [2.24, 2.45) is 0 Å². The van der Waals surface area contributed by atoms with Crippen LogP contribution in [-0.2, 0) is 17.7 Å². The minimum absolute atomic E-state index is 0.280. The number of hydrogen-bond acceptors (Lipinski definition) is 3. The summed E-state index contributed by atoms with van der Waals surface area (Å²) in [5.74, 6) is -0.794. The van der Waals surface area contributed by atoms with Gasteiger partial charge in [0.05, 0.1) is 12.7 Å². The first-order chi connectivity index (χ1) is 13.5. The average molecular weight is 381 g/mol. The second kappa shape index (κ2) is 6.99. The third kappa shape index (κ3) is 3.19. The van der Waals surface area contributed by atoms with E-state index in [4.69, 9.17) is 4.74 Å². The molecule has 3 aromatic rings. The molecule has 1 aromatic heterocycles. The van der Waals surface area contributed by atoms with Gasteiger partial charge in [0.25, 0.3) is 0 Å². The van der Waals surface area contributed by atoms with Crippen LogP contribution >= 0.6 is 0 Å². The normalized spacial score (nSPS) is 13.3. The lowest BCUT2D eigenvalue weighted by Crippen LogP contribution is -2.38. The molecule has 28 heavy (non-hydrogen) atoms. The molecule has 2 N–H and O–H groups in total. The van der Waals surface area contributed by atoms with Crippen LogP contribution < -0.4 is 5.32 Å². The van der Waals surface area contributed by atoms with Gasteiger partial charge in [-0.1, -0.05) is 6.07 Å². The molecule has 0 spiro atoms. The Balaban J connectivity index is 1.60. The summed E-state index contributed by atoms with van der Waals surface area (Å²) in [6, 6.07) is 9.38. The summed E-state index contributed by atoms with van der Waals surface area (Å²) in [4.78, 5) is 29.6. The van der Waals surface area contributed by atoms with Crippen molar-refractivity contribution < 1.29 is 18.7 Å². The highest BCUT2D eigenvalue weighted by Crippen LogP contribution is 2.29. The Kier molecular flexibility index (Phi) is 4.50. The van der Waals surface area contributed by atoms with Gasteiger partial charge in [-0.15, -0.1) is 0 Å². The number of nitrogens with zero attached hydrogens (tertiary/aromatic N) is 1. The van der Waals surface area contributed by atoms with Crippen LogP contribution in [0.15, 0.2) is 36.4 Å². The molecule has 0 unspecified atom stereocenters. The van der Waals surface area contributed by atoms with Gasteiger partial charge >= 0.3 is 12.0 Å². The van der Waals surface area contributed by atoms with Crippen molar-refractivity contribution in [1.29, 1.82) is 0 Å². The van der Waals surface area contributed by atoms with Crippen LogP contribution in [0.3, 0.4) is 0 Å². The number of ether oxygens (including phenoxy) is 1. The van der Waals surface area contributed by atoms with Crippen LogP contribution in [-0.4, -0.2) is 35.5 Å². The number of aromatic amines is 1. The number of aromatic nitrogens is 1. The van der Waals surface area contributed by atoms with Crippen LogP contribution in [0, 0.1) is 12.7 Å². The number of hydrogen-bond donors (Lipinski definition) is 2. The Bertz CT molecular complexity index is 1090. The van der Waals surface area contributed by atoms with E-state index in [-0.39, 0.29) is 6.03 Å². The molecule has 2 aromatic carbocycles. The predicted molar refractivity (Wildman–Crippen MR) is 104 cm³/mol. The maximum absolute atomic E-state index is 13.5. The summed E-state index contributed by atoms with van der Waals surface area (Å²) in [5.41, 5.74) is 4.68. The molecule has 144 valence electrons. The summed E-state index contributed by atoms with van der Waals surface area (Å²) in [5, 5.41) is 3.69. The average Bonchev–Trinajstić information content (AvgIpc) is 3.07. The minimum Gasteiger partial charge on any atom is -0.465 e. The van der Waals surface area contributed by atoms with Crippen molar-refractivity contribution in [3.8, 4) is 0 Å². The molecule has 7 heteroatoms. The van der Waals surface area contributed by atoms with Gasteiger partial charge in [-0.2, -0.15) is 0 Å². The van der Waals surface area contributed by atoms with Gasteiger partial charge in [0, 0.05) is 47.4 Å². The van der Waals surface area contributed by atoms with E-state index >= 15 is 0 Å². The van der Waals surface area contributed by atoms with Gasteiger partial charge in [0.1, 0.15) is 5.82 Å². The Morgan fingerprint density at radius 2 is 2.04 bits per heavy atom. The number of amides is 2. The SMILES string of the molecule is COC(=O)c1ccc2[nH]c3c(c2c1)CN(C(=O)Nc1cc(F)ccc1C)CC3. The maximum Gasteiger partial charge on any atom is 0.337 e. The topological polar surface area (TPSA) is 74.4 Å². The Labute approximate surface area is 161 Å². The van der Waals surface area contributed by atoms with E-state index in [2.05, 4.69) is 10.3 Å². The molecule has 0 saturated heterocycles. The Morgan fingerprint density at radius 3 is 2.82 bits per heavy atom. The van der Waals surface area contributed by atoms with Gasteiger partial charge in [-0.05, 0) is 42.8 Å². The number of anilines is 1. The molecule has 0 atom stereocenters. The molecule has 0 radical (unpaired) electrons. The predicted octanol–water partition coefficient (Wildman–Crippen LogP) is 3.99. The first kappa shape index (κ1) is 18.0. The number of rotatable bonds is 2. The van der Waals surface area contributed by atoms with Gasteiger partial charge in [-0.25, -0.2) is 14.0 Å². The smallest absolute Gasteiger partial charge is 0.337 e. The largest absolute Gasteiger partial charge is 0.465 e. The number of fused-ring (bicyclic) bond motifs is 3. The van der Waals surface area contributed by atoms with Gasteiger partial charge in [0.2, 0.25) is 0 Å². The highest BCUT2D eigenvalue weighted by molar-refractivity contribution is 5.96. The first-order valence-electron chi connectivity index (χ1n) is 9.00. The van der Waals surface area contributed by atoms with Crippen LogP contribution in [0.25, 0.3) is 10.9 Å². The number of carbonyl (C=O) groups is 2. The second-order valence-electron chi connectivity index (χ2n) is 6.90. The standard InChI is InChI=1S/C21H20FN3O3/c1-12-3-5-14(22)10-19(12)24-21(27)25-8-7-18-16(11-25)15-9-13(20(26)28-2)4-6-17(15)23-18/h3-6,9-10,23H,7-8,11H2,1-2H3,(H,24,27). The summed E-state index contributed by atoms with van der Waals surface area (Å²) in [6.07, 6.45) is 0.674. The van der Waals surface area contributed by atoms with Gasteiger partial charge in [-0.3, -0.25) is 0 Å². The van der Waals surface area contributed by atoms with E-state index in [9.17, 15) is 14.0 Å². The van der Waals surface area contributed by atoms with E-state index in [1.54, 1.807) is 23.1 Å². The molecular weight excluding hydrogens is 361 g/mol. The third-order valence-corrected chi connectivity index (χ3v) is 5.12. The quantitative estimate of drug-likeness (QED) is 0.659. The number of H-pyrrole nitrogens is 1. The van der Waals surface area contributed by atoms with Crippen molar-refractivity contribution in [3.05, 3.63) is 64.6 Å². The highest BCUT2D eigenvalue weighted by atomic mass is 19.1. The summed E-state index contributed by atoms with van der Waals surface area (Å²) in [7, 11) is 1.35. The first-order valence-corrected chi connectivity index (χ1v) is 9.00. The summed E-state index contributed by atoms with van der Waals surface area (Å²) >= 11 is 0. The lowest BCUT2D eigenvalue weighted by molar-refractivity contribution is 0.0601. The van der Waals surface area contributed by atoms with E-state index in [1.807, 2.05) is 13.0 Å². The third-order valence-electron chi connectivity index (χ3n) is 5.12. The lowest BCUT2D eigenvalue weighted by atomic mass is 10.0. The molecular formula is C21H20FN3O3. The summed E-state index contributed by atoms with van der Waals surface area (Å²) in [6.45, 7) is 2.77. The zero-order valence-corrected chi connectivity index (χ0v) is 15.6. The molecule has 2 amide bonds. The molecule has 0 fully saturated rings. The van der Waals surface area contributed by atoms with E-state index in [1.165, 1.54) is 19.2 Å². The molecule has 2 heterocycles. The highest BCUT2D eigenvalue weighted by Gasteiger charge is 2.25. The number of methoxy groups -OCH3 is 1. The van der Waals surface area contributed by atoms with Crippen LogP contribution in [0.4, 0.5) is 14.9 Å². The van der Waals surface area contributed by atoms with Crippen LogP contribution in [0.2, 0.25) is 0 Å². The molecule has 0 saturated carbocycles. The fraction of sp³-hybridized carbons (Fsp3) is 0.238. The van der Waals surface area contributed by atoms with Gasteiger partial charge < -0.3 is 19.9 Å². The number of halogens is 1.